The molecule has 0 saturated heterocycles. The van der Waals surface area contributed by atoms with Crippen molar-refractivity contribution in [1.82, 2.24) is 0 Å². The molecular weight excluding hydrogens is 484 g/mol. The van der Waals surface area contributed by atoms with Crippen LogP contribution in [0.15, 0.2) is 23.3 Å². The van der Waals surface area contributed by atoms with E-state index in [9.17, 15) is 9.59 Å². The van der Waals surface area contributed by atoms with Crippen molar-refractivity contribution >= 4 is 11.9 Å². The predicted octanol–water partition coefficient (Wildman–Crippen LogP) is 11.0. The quantitative estimate of drug-likeness (QED) is 0.0582. The van der Waals surface area contributed by atoms with Gasteiger partial charge in [0, 0.05) is 12.8 Å². The Bertz CT molecular complexity index is 645. The van der Waals surface area contributed by atoms with Gasteiger partial charge in [0.1, 0.15) is 12.7 Å². The Labute approximate surface area is 242 Å². The van der Waals surface area contributed by atoms with Crippen molar-refractivity contribution in [3.8, 4) is 0 Å². The van der Waals surface area contributed by atoms with Crippen molar-refractivity contribution in [1.29, 1.82) is 0 Å². The summed E-state index contributed by atoms with van der Waals surface area (Å²) in [5.41, 5.74) is 2.57. The van der Waals surface area contributed by atoms with Crippen LogP contribution < -0.4 is 0 Å². The minimum absolute atomic E-state index is 0.104. The molecule has 4 heteroatoms. The molecule has 1 unspecified atom stereocenters. The van der Waals surface area contributed by atoms with Gasteiger partial charge in [-0.1, -0.05) is 121 Å². The second-order valence-corrected chi connectivity index (χ2v) is 11.7. The fourth-order valence-electron chi connectivity index (χ4n) is 4.73. The standard InChI is InChI=1S/C35H64O4/c1-6-8-10-12-13-14-15-16-17-19-21-26-35(37)39-33(25-20-18-11-9-7-2)27-28-34(36)38-30-29-32(5)24-22-23-31(3)4/h23,29,33H,6-22,24-28,30H2,1-5H3/b32-29+. The molecule has 0 saturated carbocycles. The number of ether oxygens (including phenoxy) is 2. The molecule has 0 rings (SSSR count). The number of esters is 2. The number of hydrogen-bond donors (Lipinski definition) is 0. The van der Waals surface area contributed by atoms with Crippen LogP contribution in [0.25, 0.3) is 0 Å². The first-order valence-electron chi connectivity index (χ1n) is 16.5. The molecule has 0 aromatic carbocycles. The van der Waals surface area contributed by atoms with Crippen molar-refractivity contribution in [3.05, 3.63) is 23.3 Å². The molecule has 0 heterocycles. The molecule has 1 atom stereocenters. The molecule has 39 heavy (non-hydrogen) atoms. The molecule has 0 bridgehead atoms. The lowest BCUT2D eigenvalue weighted by Crippen LogP contribution is -2.20. The van der Waals surface area contributed by atoms with Crippen LogP contribution in [-0.2, 0) is 19.1 Å². The van der Waals surface area contributed by atoms with Crippen LogP contribution in [0.4, 0.5) is 0 Å². The Balaban J connectivity index is 4.25. The molecule has 4 nitrogen and oxygen atoms in total. The van der Waals surface area contributed by atoms with E-state index in [-0.39, 0.29) is 18.0 Å². The fraction of sp³-hybridized carbons (Fsp3) is 0.829. The molecule has 0 N–H and O–H groups in total. The largest absolute Gasteiger partial charge is 0.462 e. The minimum atomic E-state index is -0.208. The zero-order chi connectivity index (χ0) is 29.0. The molecule has 0 fully saturated rings. The average molecular weight is 549 g/mol. The molecular formula is C35H64O4. The van der Waals surface area contributed by atoms with Crippen LogP contribution in [0.1, 0.15) is 176 Å². The third-order valence-electron chi connectivity index (χ3n) is 7.35. The Morgan fingerprint density at radius 2 is 1.13 bits per heavy atom. The molecule has 0 aliphatic rings. The lowest BCUT2D eigenvalue weighted by atomic mass is 10.0. The highest BCUT2D eigenvalue weighted by Crippen LogP contribution is 2.17. The second-order valence-electron chi connectivity index (χ2n) is 11.7. The Morgan fingerprint density at radius 1 is 0.590 bits per heavy atom. The summed E-state index contributed by atoms with van der Waals surface area (Å²) in [6.07, 6.45) is 28.1. The van der Waals surface area contributed by atoms with Crippen LogP contribution in [0, 0.1) is 0 Å². The smallest absolute Gasteiger partial charge is 0.306 e. The zero-order valence-electron chi connectivity index (χ0n) is 26.6. The molecule has 0 amide bonds. The molecule has 0 spiro atoms. The van der Waals surface area contributed by atoms with Gasteiger partial charge in [0.05, 0.1) is 0 Å². The highest BCUT2D eigenvalue weighted by molar-refractivity contribution is 5.70. The van der Waals surface area contributed by atoms with Crippen LogP contribution >= 0.6 is 0 Å². The first-order valence-corrected chi connectivity index (χ1v) is 16.5. The summed E-state index contributed by atoms with van der Waals surface area (Å²) >= 11 is 0. The first-order chi connectivity index (χ1) is 18.9. The maximum Gasteiger partial charge on any atom is 0.306 e. The summed E-state index contributed by atoms with van der Waals surface area (Å²) in [6, 6.07) is 0. The van der Waals surface area contributed by atoms with Gasteiger partial charge in [0.2, 0.25) is 0 Å². The molecule has 0 aliphatic heterocycles. The van der Waals surface area contributed by atoms with Crippen LogP contribution in [-0.4, -0.2) is 24.6 Å². The van der Waals surface area contributed by atoms with Crippen LogP contribution in [0.2, 0.25) is 0 Å². The van der Waals surface area contributed by atoms with Gasteiger partial charge in [-0.15, -0.1) is 0 Å². The predicted molar refractivity (Wildman–Crippen MR) is 167 cm³/mol. The third-order valence-corrected chi connectivity index (χ3v) is 7.35. The van der Waals surface area contributed by atoms with Gasteiger partial charge in [-0.25, -0.2) is 0 Å². The monoisotopic (exact) mass is 548 g/mol. The lowest BCUT2D eigenvalue weighted by Gasteiger charge is -2.18. The van der Waals surface area contributed by atoms with Crippen molar-refractivity contribution in [2.24, 2.45) is 0 Å². The van der Waals surface area contributed by atoms with E-state index in [1.807, 2.05) is 6.08 Å². The van der Waals surface area contributed by atoms with E-state index in [1.54, 1.807) is 0 Å². The summed E-state index contributed by atoms with van der Waals surface area (Å²) in [6.45, 7) is 11.1. The van der Waals surface area contributed by atoms with Gasteiger partial charge in [0.25, 0.3) is 0 Å². The Morgan fingerprint density at radius 3 is 1.69 bits per heavy atom. The van der Waals surface area contributed by atoms with Crippen molar-refractivity contribution in [2.75, 3.05) is 6.61 Å². The fourth-order valence-corrected chi connectivity index (χ4v) is 4.73. The molecule has 0 radical (unpaired) electrons. The normalized spacial score (nSPS) is 12.3. The third kappa shape index (κ3) is 27.8. The SMILES string of the molecule is CCCCCCCCCCCCCC(=O)OC(CCCCCCC)CCC(=O)OC/C=C(\C)CCC=C(C)C. The van der Waals surface area contributed by atoms with Gasteiger partial charge in [-0.3, -0.25) is 9.59 Å². The van der Waals surface area contributed by atoms with Crippen LogP contribution in [0.3, 0.4) is 0 Å². The minimum Gasteiger partial charge on any atom is -0.462 e. The van der Waals surface area contributed by atoms with E-state index in [0.717, 1.165) is 44.9 Å². The first kappa shape index (κ1) is 37.4. The highest BCUT2D eigenvalue weighted by Gasteiger charge is 2.16. The number of carbonyl (C=O) groups excluding carboxylic acids is 2. The van der Waals surface area contributed by atoms with E-state index in [4.69, 9.17) is 9.47 Å². The Hall–Kier alpha value is -1.58. The van der Waals surface area contributed by atoms with E-state index >= 15 is 0 Å². The van der Waals surface area contributed by atoms with Gasteiger partial charge < -0.3 is 9.47 Å². The summed E-state index contributed by atoms with van der Waals surface area (Å²) in [4.78, 5) is 24.8. The number of hydrogen-bond acceptors (Lipinski definition) is 4. The molecule has 0 aromatic heterocycles. The van der Waals surface area contributed by atoms with E-state index in [0.29, 0.717) is 25.9 Å². The lowest BCUT2D eigenvalue weighted by molar-refractivity contribution is -0.152. The number of carbonyl (C=O) groups is 2. The number of allylic oxidation sites excluding steroid dienone is 3. The summed E-state index contributed by atoms with van der Waals surface area (Å²) < 4.78 is 11.3. The average Bonchev–Trinajstić information content (AvgIpc) is 2.89. The number of rotatable bonds is 27. The van der Waals surface area contributed by atoms with Crippen molar-refractivity contribution in [3.63, 3.8) is 0 Å². The van der Waals surface area contributed by atoms with Crippen LogP contribution in [0.5, 0.6) is 0 Å². The van der Waals surface area contributed by atoms with E-state index < -0.39 is 0 Å². The second kappa shape index (κ2) is 28.0. The summed E-state index contributed by atoms with van der Waals surface area (Å²) in [5, 5.41) is 0. The molecule has 228 valence electrons. The highest BCUT2D eigenvalue weighted by atomic mass is 16.5. The van der Waals surface area contributed by atoms with Crippen molar-refractivity contribution in [2.45, 2.75) is 182 Å². The summed E-state index contributed by atoms with van der Waals surface area (Å²) in [7, 11) is 0. The van der Waals surface area contributed by atoms with Gasteiger partial charge in [0.15, 0.2) is 0 Å². The Kier molecular flexibility index (Phi) is 26.8. The van der Waals surface area contributed by atoms with E-state index in [2.05, 4.69) is 40.7 Å². The maximum absolute atomic E-state index is 12.5. The zero-order valence-corrected chi connectivity index (χ0v) is 26.6. The molecule has 0 aromatic rings. The van der Waals surface area contributed by atoms with Crippen molar-refractivity contribution < 1.29 is 19.1 Å². The summed E-state index contributed by atoms with van der Waals surface area (Å²) in [5.74, 6) is -0.312. The maximum atomic E-state index is 12.5. The van der Waals surface area contributed by atoms with Gasteiger partial charge in [-0.2, -0.15) is 0 Å². The number of unbranched alkanes of at least 4 members (excludes halogenated alkanes) is 14. The van der Waals surface area contributed by atoms with Gasteiger partial charge >= 0.3 is 11.9 Å². The van der Waals surface area contributed by atoms with E-state index in [1.165, 1.54) is 88.2 Å². The van der Waals surface area contributed by atoms with Gasteiger partial charge in [-0.05, 0) is 65.4 Å². The topological polar surface area (TPSA) is 52.6 Å². The molecule has 0 aliphatic carbocycles.